The van der Waals surface area contributed by atoms with Crippen LogP contribution in [-0.4, -0.2) is 70.7 Å². The lowest BCUT2D eigenvalue weighted by Crippen LogP contribution is -2.46. The molecule has 0 bridgehead atoms. The summed E-state index contributed by atoms with van der Waals surface area (Å²) in [5.41, 5.74) is 2.42. The van der Waals surface area contributed by atoms with Crippen LogP contribution in [0.25, 0.3) is 0 Å². The molecule has 0 saturated carbocycles. The molecule has 0 aliphatic heterocycles. The van der Waals surface area contributed by atoms with Crippen LogP contribution in [0.5, 0.6) is 5.75 Å². The minimum absolute atomic E-state index is 0.00379. The molecule has 5 atom stereocenters. The van der Waals surface area contributed by atoms with Crippen LogP contribution in [-0.2, 0) is 24.0 Å². The molecule has 0 heterocycles. The minimum Gasteiger partial charge on any atom is -0.508 e. The predicted molar refractivity (Wildman–Crippen MR) is 225 cm³/mol. The van der Waals surface area contributed by atoms with Crippen molar-refractivity contribution < 1.29 is 34.2 Å². The monoisotopic (exact) mass is 791 g/mol. The Morgan fingerprint density at radius 2 is 1.38 bits per heavy atom. The van der Waals surface area contributed by atoms with Gasteiger partial charge in [-0.1, -0.05) is 93.6 Å². The Morgan fingerprint density at radius 1 is 0.750 bits per heavy atom. The van der Waals surface area contributed by atoms with Crippen molar-refractivity contribution in [2.75, 3.05) is 32.1 Å². The fourth-order valence-electron chi connectivity index (χ4n) is 6.94. The zero-order valence-corrected chi connectivity index (χ0v) is 35.0. The number of carboxylic acids is 1. The Morgan fingerprint density at radius 3 is 1.95 bits per heavy atom. The summed E-state index contributed by atoms with van der Waals surface area (Å²) in [5.74, 6) is -1.97. The summed E-state index contributed by atoms with van der Waals surface area (Å²) < 4.78 is 5.76. The number of phenols is 1. The number of ether oxygens (including phenoxy) is 1. The Balaban J connectivity index is 1.82. The highest BCUT2D eigenvalue weighted by molar-refractivity contribution is 7.80. The second kappa shape index (κ2) is 24.0. The molecule has 0 saturated heterocycles. The van der Waals surface area contributed by atoms with Crippen LogP contribution in [0, 0.1) is 17.8 Å². The molecule has 308 valence electrons. The molecular formula is C45H65N3O7S. The molecule has 5 unspecified atom stereocenters. The number of nitrogens with zero attached hydrogens (tertiary/aromatic N) is 1. The number of nitrogens with one attached hydrogen (secondary N) is 2. The van der Waals surface area contributed by atoms with Crippen molar-refractivity contribution in [2.45, 2.75) is 104 Å². The third-order valence-electron chi connectivity index (χ3n) is 9.91. The van der Waals surface area contributed by atoms with E-state index in [1.54, 1.807) is 24.3 Å². The minimum atomic E-state index is -1.00. The van der Waals surface area contributed by atoms with Crippen LogP contribution < -0.4 is 10.6 Å². The van der Waals surface area contributed by atoms with Crippen LogP contribution in [0.4, 0.5) is 0 Å². The van der Waals surface area contributed by atoms with Gasteiger partial charge in [0, 0.05) is 37.6 Å². The van der Waals surface area contributed by atoms with Crippen molar-refractivity contribution in [1.29, 1.82) is 0 Å². The number of benzene rings is 3. The van der Waals surface area contributed by atoms with Gasteiger partial charge in [0.15, 0.2) is 0 Å². The van der Waals surface area contributed by atoms with Gasteiger partial charge in [-0.15, -0.1) is 0 Å². The molecule has 3 rings (SSSR count). The Hall–Kier alpha value is -3.90. The number of phenolic OH excluding ortho intramolecular Hbond substituents is 1. The maximum atomic E-state index is 13.9. The first-order valence-electron chi connectivity index (χ1n) is 20.0. The number of aliphatic carboxylic acids is 1. The van der Waals surface area contributed by atoms with Crippen LogP contribution in [0.1, 0.15) is 115 Å². The zero-order valence-electron chi connectivity index (χ0n) is 34.2. The van der Waals surface area contributed by atoms with Crippen LogP contribution >= 0.6 is 12.6 Å². The number of unbranched alkanes of at least 4 members (excludes halogenated alkanes) is 1. The third-order valence-corrected chi connectivity index (χ3v) is 10.1. The van der Waals surface area contributed by atoms with E-state index >= 15 is 0 Å². The number of carbonyl (C=O) groups is 3. The summed E-state index contributed by atoms with van der Waals surface area (Å²) in [6, 6.07) is 26.7. The molecule has 0 radical (unpaired) electrons. The van der Waals surface area contributed by atoms with Gasteiger partial charge in [-0.3, -0.25) is 19.2 Å². The van der Waals surface area contributed by atoms with Gasteiger partial charge in [0.2, 0.25) is 11.8 Å². The van der Waals surface area contributed by atoms with Gasteiger partial charge in [-0.2, -0.15) is 17.7 Å². The van der Waals surface area contributed by atoms with Gasteiger partial charge in [0.25, 0.3) is 0 Å². The highest BCUT2D eigenvalue weighted by Gasteiger charge is 2.38. The number of carboxylic acid groups (broad SMARTS) is 1. The van der Waals surface area contributed by atoms with E-state index in [0.29, 0.717) is 44.9 Å². The summed E-state index contributed by atoms with van der Waals surface area (Å²) in [7, 11) is 0. The van der Waals surface area contributed by atoms with E-state index < -0.39 is 29.4 Å². The van der Waals surface area contributed by atoms with Crippen LogP contribution in [0.2, 0.25) is 0 Å². The van der Waals surface area contributed by atoms with Crippen molar-refractivity contribution in [1.82, 2.24) is 15.7 Å². The first-order valence-corrected chi connectivity index (χ1v) is 20.6. The number of rotatable bonds is 25. The highest BCUT2D eigenvalue weighted by Crippen LogP contribution is 2.40. The predicted octanol–water partition coefficient (Wildman–Crippen LogP) is 8.50. The molecule has 10 nitrogen and oxygen atoms in total. The van der Waals surface area contributed by atoms with E-state index in [-0.39, 0.29) is 48.3 Å². The van der Waals surface area contributed by atoms with Crippen LogP contribution in [0.15, 0.2) is 84.9 Å². The van der Waals surface area contributed by atoms with E-state index in [2.05, 4.69) is 76.9 Å². The second-order valence-corrected chi connectivity index (χ2v) is 16.4. The topological polar surface area (TPSA) is 137 Å². The lowest BCUT2D eigenvalue weighted by Gasteiger charge is -2.44. The summed E-state index contributed by atoms with van der Waals surface area (Å²) in [6.07, 6.45) is 1.93. The fourth-order valence-corrected chi connectivity index (χ4v) is 7.15. The first kappa shape index (κ1) is 46.5. The molecule has 0 aliphatic carbocycles. The summed E-state index contributed by atoms with van der Waals surface area (Å²) in [6.45, 7) is 14.3. The number of aromatic hydroxyl groups is 1. The molecule has 56 heavy (non-hydrogen) atoms. The number of amides is 2. The number of carbonyl (C=O) groups excluding carboxylic acids is 2. The largest absolute Gasteiger partial charge is 0.508 e. The molecule has 3 aromatic carbocycles. The number of thiol groups is 1. The maximum absolute atomic E-state index is 13.9. The molecule has 0 spiro atoms. The smallest absolute Gasteiger partial charge is 0.306 e. The van der Waals surface area contributed by atoms with Crippen molar-refractivity contribution in [3.63, 3.8) is 0 Å². The molecular weight excluding hydrogens is 727 g/mol. The average Bonchev–Trinajstić information content (AvgIpc) is 3.16. The van der Waals surface area contributed by atoms with Gasteiger partial charge in [0.1, 0.15) is 11.9 Å². The van der Waals surface area contributed by atoms with Crippen LogP contribution in [0.3, 0.4) is 0 Å². The van der Waals surface area contributed by atoms with Gasteiger partial charge in [0.05, 0.1) is 18.6 Å². The molecule has 0 aliphatic rings. The Labute approximate surface area is 340 Å². The average molecular weight is 792 g/mol. The van der Waals surface area contributed by atoms with E-state index in [9.17, 15) is 24.6 Å². The summed E-state index contributed by atoms with van der Waals surface area (Å²) in [4.78, 5) is 45.7. The third kappa shape index (κ3) is 15.9. The normalized spacial score (nSPS) is 14.5. The standard InChI is InChI=1S/C45H65N3O7S/c1-32(2)42(36-17-11-8-12-18-36)48(45(4,5)6)55-40(35-19-21-39(49)22-20-35)31-38(44(52)53)30-37(29-33(3)34-15-9-7-10-16-34)43(51)47-25-27-54-26-14-13-24-46-41(50)23-28-56/h7-12,15-22,32-33,37-38,40,42,49,56H,13-14,23-31H2,1-6H3,(H,46,50)(H,47,51)(H,52,53). The van der Waals surface area contributed by atoms with Crippen molar-refractivity contribution in [3.8, 4) is 5.75 Å². The van der Waals surface area contributed by atoms with Gasteiger partial charge in [-0.05, 0) is 99.3 Å². The molecule has 0 fully saturated rings. The number of hydrogen-bond acceptors (Lipinski definition) is 8. The Bertz CT molecular complexity index is 1580. The molecule has 11 heteroatoms. The molecule has 3 aromatic rings. The Kier molecular flexibility index (Phi) is 19.9. The van der Waals surface area contributed by atoms with Crippen molar-refractivity contribution >= 4 is 30.4 Å². The quantitative estimate of drug-likeness (QED) is 0.0328. The van der Waals surface area contributed by atoms with Crippen molar-refractivity contribution in [2.24, 2.45) is 17.8 Å². The van der Waals surface area contributed by atoms with Crippen molar-refractivity contribution in [3.05, 3.63) is 102 Å². The molecule has 2 amide bonds. The highest BCUT2D eigenvalue weighted by atomic mass is 32.1. The van der Waals surface area contributed by atoms with E-state index in [1.165, 1.54) is 0 Å². The van der Waals surface area contributed by atoms with Gasteiger partial charge >= 0.3 is 5.97 Å². The van der Waals surface area contributed by atoms with E-state index in [4.69, 9.17) is 9.57 Å². The SMILES string of the molecule is CC(CC(CC(CC(ON(C(c1ccccc1)C(C)C)C(C)(C)C)c1ccc(O)cc1)C(=O)O)C(=O)NCCOCCCCNC(=O)CCS)c1ccccc1. The van der Waals surface area contributed by atoms with E-state index in [0.717, 1.165) is 29.5 Å². The second-order valence-electron chi connectivity index (χ2n) is 16.0. The summed E-state index contributed by atoms with van der Waals surface area (Å²) >= 11 is 4.08. The number of hydrogen-bond donors (Lipinski definition) is 5. The lowest BCUT2D eigenvalue weighted by atomic mass is 9.82. The maximum Gasteiger partial charge on any atom is 0.306 e. The lowest BCUT2D eigenvalue weighted by molar-refractivity contribution is -0.279. The number of hydroxylamine groups is 2. The molecule has 4 N–H and O–H groups in total. The van der Waals surface area contributed by atoms with Gasteiger partial charge in [-0.25, -0.2) is 0 Å². The summed E-state index contributed by atoms with van der Waals surface area (Å²) in [5, 5.41) is 28.8. The molecule has 0 aromatic heterocycles. The van der Waals surface area contributed by atoms with Gasteiger partial charge < -0.3 is 25.6 Å². The van der Waals surface area contributed by atoms with E-state index in [1.807, 2.05) is 53.6 Å². The first-order chi connectivity index (χ1) is 26.7. The zero-order chi connectivity index (χ0) is 41.1. The fraction of sp³-hybridized carbons (Fsp3) is 0.533.